The molecule has 0 aromatic heterocycles. The fourth-order valence-electron chi connectivity index (χ4n) is 5.81. The van der Waals surface area contributed by atoms with Crippen molar-refractivity contribution < 1.29 is 17.5 Å². The third-order valence-electron chi connectivity index (χ3n) is 6.04. The highest BCUT2D eigenvalue weighted by atomic mass is 35.5. The molecule has 0 saturated heterocycles. The van der Waals surface area contributed by atoms with Crippen molar-refractivity contribution >= 4 is 5.69 Å². The van der Waals surface area contributed by atoms with Gasteiger partial charge in [0.25, 0.3) is 0 Å². The number of nitrogen functional groups attached to an aromatic ring is 1. The average Bonchev–Trinajstić information content (AvgIpc) is 2.38. The molecular weight excluding hydrogens is 270 g/mol. The maximum absolute atomic E-state index is 9.92. The number of anilines is 1. The first-order valence-electron chi connectivity index (χ1n) is 7.60. The van der Waals surface area contributed by atoms with E-state index in [0.717, 1.165) is 17.5 Å². The molecule has 4 saturated carbocycles. The summed E-state index contributed by atoms with van der Waals surface area (Å²) >= 11 is 0. The zero-order valence-electron chi connectivity index (χ0n) is 11.8. The molecule has 1 aromatic carbocycles. The second-order valence-corrected chi connectivity index (χ2v) is 7.52. The number of hydrogen-bond acceptors (Lipinski definition) is 2. The van der Waals surface area contributed by atoms with Crippen LogP contribution in [0.2, 0.25) is 0 Å². The lowest BCUT2D eigenvalue weighted by Gasteiger charge is -2.62. The number of hydrogen-bond donors (Lipinski definition) is 2. The number of aliphatic hydroxyl groups is 1. The van der Waals surface area contributed by atoms with Crippen molar-refractivity contribution in [2.75, 3.05) is 12.3 Å². The Morgan fingerprint density at radius 1 is 1.05 bits per heavy atom. The Bertz CT molecular complexity index is 484. The smallest absolute Gasteiger partial charge is 0.0487 e. The number of benzene rings is 1. The lowest BCUT2D eigenvalue weighted by Crippen LogP contribution is -3.00. The first kappa shape index (κ1) is 14.2. The SMILES string of the molecule is Nc1ccc(C23CC4CC(CC(CO)(C4)C2)C3)cc1.[Cl-]. The van der Waals surface area contributed by atoms with Crippen LogP contribution in [-0.2, 0) is 5.41 Å². The molecule has 3 N–H and O–H groups in total. The van der Waals surface area contributed by atoms with Gasteiger partial charge in [-0.3, -0.25) is 0 Å². The first-order valence-corrected chi connectivity index (χ1v) is 7.60. The zero-order valence-corrected chi connectivity index (χ0v) is 12.6. The predicted molar refractivity (Wildman–Crippen MR) is 76.7 cm³/mol. The van der Waals surface area contributed by atoms with Gasteiger partial charge in [-0.25, -0.2) is 0 Å². The standard InChI is InChI=1S/C17H23NO.ClH/c18-15-3-1-14(2-4-15)17-8-12-5-13(9-17)7-16(6-12,10-17)11-19;/h1-4,12-13,19H,5-11,18H2;1H/p-1. The van der Waals surface area contributed by atoms with E-state index in [0.29, 0.717) is 12.0 Å². The van der Waals surface area contributed by atoms with E-state index in [1.54, 1.807) is 0 Å². The van der Waals surface area contributed by atoms with Crippen LogP contribution in [0.4, 0.5) is 5.69 Å². The van der Waals surface area contributed by atoms with Gasteiger partial charge in [0.15, 0.2) is 0 Å². The van der Waals surface area contributed by atoms with Crippen LogP contribution in [-0.4, -0.2) is 11.7 Å². The third kappa shape index (κ3) is 1.96. The fourth-order valence-corrected chi connectivity index (χ4v) is 5.81. The summed E-state index contributed by atoms with van der Waals surface area (Å²) in [5, 5.41) is 9.92. The summed E-state index contributed by atoms with van der Waals surface area (Å²) < 4.78 is 0. The van der Waals surface area contributed by atoms with Crippen LogP contribution < -0.4 is 18.1 Å². The second-order valence-electron chi connectivity index (χ2n) is 7.52. The highest BCUT2D eigenvalue weighted by Gasteiger charge is 2.57. The van der Waals surface area contributed by atoms with E-state index >= 15 is 0 Å². The summed E-state index contributed by atoms with van der Waals surface area (Å²) in [6, 6.07) is 8.54. The Morgan fingerprint density at radius 2 is 1.65 bits per heavy atom. The third-order valence-corrected chi connectivity index (χ3v) is 6.04. The van der Waals surface area contributed by atoms with Crippen molar-refractivity contribution in [3.05, 3.63) is 29.8 Å². The Morgan fingerprint density at radius 3 is 2.20 bits per heavy atom. The van der Waals surface area contributed by atoms with Crippen molar-refractivity contribution in [2.45, 2.75) is 43.9 Å². The molecular formula is C17H23ClNO-. The largest absolute Gasteiger partial charge is 1.00 e. The van der Waals surface area contributed by atoms with Gasteiger partial charge in [0, 0.05) is 12.3 Å². The molecule has 5 rings (SSSR count). The Balaban J connectivity index is 0.00000121. The molecule has 2 atom stereocenters. The molecule has 2 nitrogen and oxygen atoms in total. The minimum Gasteiger partial charge on any atom is -1.00 e. The Labute approximate surface area is 127 Å². The number of nitrogens with two attached hydrogens (primary N) is 1. The van der Waals surface area contributed by atoms with E-state index in [9.17, 15) is 5.11 Å². The summed E-state index contributed by atoms with van der Waals surface area (Å²) in [5.74, 6) is 1.68. The minimum absolute atomic E-state index is 0. The molecule has 4 aliphatic rings. The van der Waals surface area contributed by atoms with Gasteiger partial charge in [-0.2, -0.15) is 0 Å². The lowest BCUT2D eigenvalue weighted by atomic mass is 9.43. The van der Waals surface area contributed by atoms with E-state index in [1.165, 1.54) is 44.1 Å². The van der Waals surface area contributed by atoms with E-state index in [4.69, 9.17) is 5.73 Å². The molecule has 4 bridgehead atoms. The van der Waals surface area contributed by atoms with Gasteiger partial charge in [-0.15, -0.1) is 0 Å². The topological polar surface area (TPSA) is 46.2 Å². The van der Waals surface area contributed by atoms with Gasteiger partial charge < -0.3 is 23.2 Å². The van der Waals surface area contributed by atoms with E-state index in [1.807, 2.05) is 12.1 Å². The average molecular weight is 293 g/mol. The monoisotopic (exact) mass is 292 g/mol. The van der Waals surface area contributed by atoms with Crippen LogP contribution in [0.25, 0.3) is 0 Å². The summed E-state index contributed by atoms with van der Waals surface area (Å²) in [6.07, 6.45) is 7.77. The first-order chi connectivity index (χ1) is 9.13. The molecule has 0 amide bonds. The van der Waals surface area contributed by atoms with Crippen molar-refractivity contribution in [3.8, 4) is 0 Å². The van der Waals surface area contributed by atoms with Crippen molar-refractivity contribution in [1.82, 2.24) is 0 Å². The van der Waals surface area contributed by atoms with E-state index in [-0.39, 0.29) is 17.8 Å². The van der Waals surface area contributed by atoms with E-state index in [2.05, 4.69) is 12.1 Å². The van der Waals surface area contributed by atoms with E-state index < -0.39 is 0 Å². The normalized spacial score (nSPS) is 41.5. The van der Waals surface area contributed by atoms with Crippen LogP contribution in [0.15, 0.2) is 24.3 Å². The molecule has 3 heteroatoms. The summed E-state index contributed by atoms with van der Waals surface area (Å²) in [6.45, 7) is 0.386. The van der Waals surface area contributed by atoms with Crippen molar-refractivity contribution in [3.63, 3.8) is 0 Å². The fraction of sp³-hybridized carbons (Fsp3) is 0.647. The zero-order chi connectivity index (χ0) is 13.1. The maximum Gasteiger partial charge on any atom is 0.0487 e. The predicted octanol–water partition coefficient (Wildman–Crippen LogP) is 0.103. The van der Waals surface area contributed by atoms with Crippen LogP contribution in [0, 0.1) is 17.3 Å². The van der Waals surface area contributed by atoms with Crippen molar-refractivity contribution in [1.29, 1.82) is 0 Å². The van der Waals surface area contributed by atoms with Gasteiger partial charge in [-0.05, 0) is 78.9 Å². The lowest BCUT2D eigenvalue weighted by molar-refractivity contribution is -0.0960. The maximum atomic E-state index is 9.92. The molecule has 0 spiro atoms. The van der Waals surface area contributed by atoms with Gasteiger partial charge in [0.05, 0.1) is 0 Å². The number of rotatable bonds is 2. The molecule has 0 heterocycles. The quantitative estimate of drug-likeness (QED) is 0.760. The van der Waals surface area contributed by atoms with Crippen LogP contribution >= 0.6 is 0 Å². The summed E-state index contributed by atoms with van der Waals surface area (Å²) in [7, 11) is 0. The molecule has 4 fully saturated rings. The van der Waals surface area contributed by atoms with Crippen molar-refractivity contribution in [2.24, 2.45) is 17.3 Å². The van der Waals surface area contributed by atoms with Gasteiger partial charge >= 0.3 is 0 Å². The second kappa shape index (κ2) is 4.64. The molecule has 0 radical (unpaired) electrons. The molecule has 4 aliphatic carbocycles. The summed E-state index contributed by atoms with van der Waals surface area (Å²) in [4.78, 5) is 0. The molecule has 1 aromatic rings. The number of aliphatic hydroxyl groups excluding tert-OH is 1. The molecule has 0 aliphatic heterocycles. The van der Waals surface area contributed by atoms with Gasteiger partial charge in [0.2, 0.25) is 0 Å². The molecule has 20 heavy (non-hydrogen) atoms. The minimum atomic E-state index is 0. The number of halogens is 1. The molecule has 2 unspecified atom stereocenters. The van der Waals surface area contributed by atoms with Crippen LogP contribution in [0.3, 0.4) is 0 Å². The van der Waals surface area contributed by atoms with Gasteiger partial charge in [0.1, 0.15) is 0 Å². The van der Waals surface area contributed by atoms with Crippen LogP contribution in [0.1, 0.15) is 44.1 Å². The Kier molecular flexibility index (Phi) is 3.30. The van der Waals surface area contributed by atoms with Gasteiger partial charge in [-0.1, -0.05) is 12.1 Å². The van der Waals surface area contributed by atoms with Crippen LogP contribution in [0.5, 0.6) is 0 Å². The highest BCUT2D eigenvalue weighted by Crippen LogP contribution is 2.65. The molecule has 110 valence electrons. The Hall–Kier alpha value is -0.730. The highest BCUT2D eigenvalue weighted by molar-refractivity contribution is 5.42. The summed E-state index contributed by atoms with van der Waals surface area (Å²) in [5.41, 5.74) is 8.71.